The highest BCUT2D eigenvalue weighted by Gasteiger charge is 2.49. The Labute approximate surface area is 183 Å². The maximum Gasteiger partial charge on any atom is 0.414 e. The predicted molar refractivity (Wildman–Crippen MR) is 118 cm³/mol. The molecule has 166 valence electrons. The fourth-order valence-corrected chi connectivity index (χ4v) is 4.79. The Morgan fingerprint density at radius 3 is 2.32 bits per heavy atom. The van der Waals surface area contributed by atoms with Crippen LogP contribution in [0.3, 0.4) is 0 Å². The van der Waals surface area contributed by atoms with Crippen molar-refractivity contribution in [3.63, 3.8) is 0 Å². The quantitative estimate of drug-likeness (QED) is 0.668. The van der Waals surface area contributed by atoms with Gasteiger partial charge in [-0.15, -0.1) is 0 Å². The molecule has 1 saturated heterocycles. The molecular formula is C24H30N2O5. The Morgan fingerprint density at radius 2 is 1.71 bits per heavy atom. The summed E-state index contributed by atoms with van der Waals surface area (Å²) in [5, 5.41) is 0. The van der Waals surface area contributed by atoms with Crippen LogP contribution in [0.5, 0.6) is 17.2 Å². The van der Waals surface area contributed by atoms with E-state index in [1.165, 1.54) is 10.5 Å². The molecule has 2 fully saturated rings. The number of likely N-dealkylation sites (tertiary alicyclic amines) is 1. The molecule has 31 heavy (non-hydrogen) atoms. The molecule has 1 amide bonds. The molecule has 2 aromatic rings. The first-order chi connectivity index (χ1) is 15.0. The summed E-state index contributed by atoms with van der Waals surface area (Å²) < 4.78 is 22.2. The largest absolute Gasteiger partial charge is 0.493 e. The van der Waals surface area contributed by atoms with Gasteiger partial charge in [0.25, 0.3) is 0 Å². The minimum Gasteiger partial charge on any atom is -0.493 e. The van der Waals surface area contributed by atoms with Gasteiger partial charge in [0, 0.05) is 44.2 Å². The van der Waals surface area contributed by atoms with Crippen LogP contribution in [0, 0.1) is 5.92 Å². The molecule has 3 atom stereocenters. The number of anilines is 1. The summed E-state index contributed by atoms with van der Waals surface area (Å²) in [4.78, 5) is 16.9. The van der Waals surface area contributed by atoms with Crippen molar-refractivity contribution in [1.29, 1.82) is 0 Å². The van der Waals surface area contributed by atoms with Crippen LogP contribution >= 0.6 is 0 Å². The first-order valence-electron chi connectivity index (χ1n) is 10.6. The lowest BCUT2D eigenvalue weighted by molar-refractivity contribution is 0.0791. The normalized spacial score (nSPS) is 22.3. The number of hydrogen-bond acceptors (Lipinski definition) is 6. The molecule has 1 heterocycles. The van der Waals surface area contributed by atoms with Crippen LogP contribution in [0.15, 0.2) is 42.5 Å². The van der Waals surface area contributed by atoms with Crippen molar-refractivity contribution in [2.24, 2.45) is 5.92 Å². The monoisotopic (exact) mass is 426 g/mol. The zero-order chi connectivity index (χ0) is 22.0. The molecular weight excluding hydrogens is 396 g/mol. The summed E-state index contributed by atoms with van der Waals surface area (Å²) in [5.74, 6) is 1.85. The first-order valence-corrected chi connectivity index (χ1v) is 10.6. The third-order valence-electron chi connectivity index (χ3n) is 6.39. The van der Waals surface area contributed by atoms with E-state index < -0.39 is 0 Å². The third-order valence-corrected chi connectivity index (χ3v) is 6.39. The molecule has 0 spiro atoms. The summed E-state index contributed by atoms with van der Waals surface area (Å²) in [6.07, 6.45) is 1.70. The third kappa shape index (κ3) is 4.14. The second kappa shape index (κ2) is 9.06. The molecule has 4 rings (SSSR count). The van der Waals surface area contributed by atoms with E-state index in [2.05, 4.69) is 29.2 Å². The van der Waals surface area contributed by atoms with Gasteiger partial charge in [-0.1, -0.05) is 30.3 Å². The minimum absolute atomic E-state index is 0.0827. The van der Waals surface area contributed by atoms with E-state index in [-0.39, 0.29) is 18.2 Å². The van der Waals surface area contributed by atoms with Crippen molar-refractivity contribution in [3.8, 4) is 17.2 Å². The van der Waals surface area contributed by atoms with Gasteiger partial charge < -0.3 is 18.9 Å². The molecule has 1 aliphatic carbocycles. The summed E-state index contributed by atoms with van der Waals surface area (Å²) in [7, 11) is 6.35. The number of rotatable bonds is 7. The Morgan fingerprint density at radius 1 is 1.03 bits per heavy atom. The average molecular weight is 427 g/mol. The SMILES string of the molecule is COc1cc(N(C)C(=O)OC2C3CCC2N(Cc2ccccc2)C3)cc(OC)c1OC. The topological polar surface area (TPSA) is 60.5 Å². The van der Waals surface area contributed by atoms with Crippen molar-refractivity contribution in [1.82, 2.24) is 4.90 Å². The van der Waals surface area contributed by atoms with Gasteiger partial charge in [-0.25, -0.2) is 4.79 Å². The Bertz CT molecular complexity index is 894. The number of carbonyl (C=O) groups excluding carboxylic acids is 1. The Hall–Kier alpha value is -2.93. The molecule has 1 aliphatic heterocycles. The number of amides is 1. The van der Waals surface area contributed by atoms with Gasteiger partial charge in [0.1, 0.15) is 6.10 Å². The van der Waals surface area contributed by atoms with Crippen LogP contribution < -0.4 is 19.1 Å². The van der Waals surface area contributed by atoms with Crippen molar-refractivity contribution >= 4 is 11.8 Å². The number of carbonyl (C=O) groups is 1. The van der Waals surface area contributed by atoms with Crippen LogP contribution in [-0.2, 0) is 11.3 Å². The van der Waals surface area contributed by atoms with Crippen molar-refractivity contribution in [2.45, 2.75) is 31.5 Å². The van der Waals surface area contributed by atoms with Gasteiger partial charge in [0.15, 0.2) is 11.5 Å². The van der Waals surface area contributed by atoms with Crippen LogP contribution in [0.25, 0.3) is 0 Å². The molecule has 7 nitrogen and oxygen atoms in total. The van der Waals surface area contributed by atoms with E-state index >= 15 is 0 Å². The van der Waals surface area contributed by atoms with Gasteiger partial charge in [-0.2, -0.15) is 0 Å². The molecule has 2 aliphatic rings. The molecule has 0 N–H and O–H groups in total. The second-order valence-electron chi connectivity index (χ2n) is 8.11. The van der Waals surface area contributed by atoms with Gasteiger partial charge in [0.2, 0.25) is 5.75 Å². The molecule has 2 bridgehead atoms. The summed E-state index contributed by atoms with van der Waals surface area (Å²) in [5.41, 5.74) is 1.90. The van der Waals surface area contributed by atoms with E-state index in [1.807, 2.05) is 6.07 Å². The van der Waals surface area contributed by atoms with Crippen molar-refractivity contribution < 1.29 is 23.7 Å². The standard InChI is InChI=1S/C24H30N2O5/c1-25(18-12-20(28-2)23(30-4)21(13-18)29-3)24(27)31-22-17-10-11-19(22)26(15-17)14-16-8-6-5-7-9-16/h5-9,12-13,17,19,22H,10-11,14-15H2,1-4H3. The zero-order valence-electron chi connectivity index (χ0n) is 18.5. The molecule has 0 aromatic heterocycles. The van der Waals surface area contributed by atoms with E-state index in [4.69, 9.17) is 18.9 Å². The summed E-state index contributed by atoms with van der Waals surface area (Å²) in [6.45, 7) is 1.85. The lowest BCUT2D eigenvalue weighted by Gasteiger charge is -2.27. The van der Waals surface area contributed by atoms with Crippen molar-refractivity contribution in [3.05, 3.63) is 48.0 Å². The maximum absolute atomic E-state index is 13.0. The van der Waals surface area contributed by atoms with E-state index in [9.17, 15) is 4.79 Å². The van der Waals surface area contributed by atoms with E-state index in [1.54, 1.807) is 40.5 Å². The number of hydrogen-bond donors (Lipinski definition) is 0. The zero-order valence-corrected chi connectivity index (χ0v) is 18.5. The highest BCUT2D eigenvalue weighted by molar-refractivity contribution is 5.88. The number of piperidine rings is 1. The van der Waals surface area contributed by atoms with Gasteiger partial charge in [-0.05, 0) is 18.4 Å². The van der Waals surface area contributed by atoms with E-state index in [0.29, 0.717) is 28.9 Å². The number of fused-ring (bicyclic) bond motifs is 2. The average Bonchev–Trinajstić information content (AvgIpc) is 3.34. The molecule has 3 unspecified atom stereocenters. The lowest BCUT2D eigenvalue weighted by Crippen LogP contribution is -2.38. The number of nitrogens with zero attached hydrogens (tertiary/aromatic N) is 2. The second-order valence-corrected chi connectivity index (χ2v) is 8.11. The van der Waals surface area contributed by atoms with Gasteiger partial charge in [-0.3, -0.25) is 9.80 Å². The highest BCUT2D eigenvalue weighted by Crippen LogP contribution is 2.43. The molecule has 1 saturated carbocycles. The first kappa shape index (κ1) is 21.3. The van der Waals surface area contributed by atoms with E-state index in [0.717, 1.165) is 25.9 Å². The number of benzene rings is 2. The lowest BCUT2D eigenvalue weighted by atomic mass is 10.1. The minimum atomic E-state index is -0.377. The summed E-state index contributed by atoms with van der Waals surface area (Å²) >= 11 is 0. The van der Waals surface area contributed by atoms with Crippen LogP contribution in [0.1, 0.15) is 18.4 Å². The number of ether oxygens (including phenoxy) is 4. The fraction of sp³-hybridized carbons (Fsp3) is 0.458. The van der Waals surface area contributed by atoms with Gasteiger partial charge >= 0.3 is 6.09 Å². The summed E-state index contributed by atoms with van der Waals surface area (Å²) in [6, 6.07) is 14.2. The Balaban J connectivity index is 1.46. The van der Waals surface area contributed by atoms with Crippen molar-refractivity contribution in [2.75, 3.05) is 39.8 Å². The van der Waals surface area contributed by atoms with Crippen LogP contribution in [0.4, 0.5) is 10.5 Å². The highest BCUT2D eigenvalue weighted by atomic mass is 16.6. The van der Waals surface area contributed by atoms with Crippen LogP contribution in [-0.4, -0.2) is 58.1 Å². The number of methoxy groups -OCH3 is 3. The van der Waals surface area contributed by atoms with Gasteiger partial charge in [0.05, 0.1) is 27.0 Å². The molecule has 0 radical (unpaired) electrons. The van der Waals surface area contributed by atoms with Crippen LogP contribution in [0.2, 0.25) is 0 Å². The molecule has 2 aromatic carbocycles. The Kier molecular flexibility index (Phi) is 6.23. The fourth-order valence-electron chi connectivity index (χ4n) is 4.79. The molecule has 7 heteroatoms. The smallest absolute Gasteiger partial charge is 0.414 e. The predicted octanol–water partition coefficient (Wildman–Crippen LogP) is 3.95. The maximum atomic E-state index is 13.0.